The van der Waals surface area contributed by atoms with Crippen molar-refractivity contribution in [1.29, 1.82) is 0 Å². The number of hydrogen-bond acceptors (Lipinski definition) is 9. The number of aromatic nitrogens is 2. The molecular weight excluding hydrogens is 528 g/mol. The quantitative estimate of drug-likeness (QED) is 0.509. The van der Waals surface area contributed by atoms with E-state index in [1.165, 1.54) is 0 Å². The predicted molar refractivity (Wildman–Crippen MR) is 145 cm³/mol. The van der Waals surface area contributed by atoms with Gasteiger partial charge in [0.2, 0.25) is 0 Å². The van der Waals surface area contributed by atoms with Gasteiger partial charge in [-0.1, -0.05) is 35.9 Å². The third kappa shape index (κ3) is 5.19. The Balaban J connectivity index is 1.17. The lowest BCUT2D eigenvalue weighted by Gasteiger charge is -2.17. The standard InChI is InChI=1S/C27H27ClN4O5S/c1-38(2,34)30-12-15-7-8-29-19(9-15)16-3-5-17(6-4-16)25-18(28)10-20-21(32-25)11-24(31-20)37-23-14-36-26-22(33)13-35-27(23)26/h3-10,22-23,26-27,33H,11-14H2,1-2H3/t22-,23-,26-,27-/m1/s1. The highest BCUT2D eigenvalue weighted by atomic mass is 35.5. The number of fused-ring (bicyclic) bond motifs is 2. The number of aliphatic hydroxyl groups is 1. The maximum absolute atomic E-state index is 11.9. The number of benzene rings is 1. The number of halogens is 1. The lowest BCUT2D eigenvalue weighted by atomic mass is 10.0. The van der Waals surface area contributed by atoms with Gasteiger partial charge in [-0.15, -0.1) is 0 Å². The minimum atomic E-state index is -2.16. The van der Waals surface area contributed by atoms with Gasteiger partial charge >= 0.3 is 0 Å². The predicted octanol–water partition coefficient (Wildman–Crippen LogP) is 3.82. The molecule has 5 heterocycles. The molecule has 1 N–H and O–H groups in total. The SMILES string of the molecule is CS(C)(=O)=NCc1ccnc(-c2ccc(-c3nc4c(cc3Cl)N=C(O[C@@H]3CO[C@H]5[C@@H]3OC[C@H]5O)C4)cc2)c1. The third-order valence-electron chi connectivity index (χ3n) is 6.70. The smallest absolute Gasteiger partial charge is 0.195 e. The number of ether oxygens (including phenoxy) is 3. The second-order valence-corrected chi connectivity index (χ2v) is 12.9. The van der Waals surface area contributed by atoms with Crippen LogP contribution in [-0.2, 0) is 36.9 Å². The molecular formula is C27H27ClN4O5S. The van der Waals surface area contributed by atoms with Crippen LogP contribution in [0, 0.1) is 0 Å². The van der Waals surface area contributed by atoms with Gasteiger partial charge in [0.15, 0.2) is 12.0 Å². The van der Waals surface area contributed by atoms with Crippen LogP contribution in [0.1, 0.15) is 11.3 Å². The van der Waals surface area contributed by atoms with Crippen LogP contribution in [0.4, 0.5) is 5.69 Å². The lowest BCUT2D eigenvalue weighted by Crippen LogP contribution is -2.34. The number of pyridine rings is 2. The molecule has 1 aromatic carbocycles. The molecule has 0 bridgehead atoms. The first-order valence-electron chi connectivity index (χ1n) is 12.3. The minimum Gasteiger partial charge on any atom is -0.472 e. The van der Waals surface area contributed by atoms with E-state index in [1.807, 2.05) is 36.4 Å². The highest BCUT2D eigenvalue weighted by molar-refractivity contribution is 7.92. The van der Waals surface area contributed by atoms with E-state index in [9.17, 15) is 9.32 Å². The van der Waals surface area contributed by atoms with Crippen LogP contribution in [0.25, 0.3) is 22.5 Å². The molecule has 9 nitrogen and oxygen atoms in total. The van der Waals surface area contributed by atoms with Crippen LogP contribution in [-0.4, -0.2) is 75.3 Å². The molecule has 3 aliphatic rings. The van der Waals surface area contributed by atoms with Crippen LogP contribution < -0.4 is 0 Å². The Bertz CT molecular complexity index is 1530. The first kappa shape index (κ1) is 25.4. The van der Waals surface area contributed by atoms with E-state index in [-0.39, 0.29) is 24.9 Å². The molecule has 2 saturated heterocycles. The van der Waals surface area contributed by atoms with Crippen molar-refractivity contribution >= 4 is 32.9 Å². The van der Waals surface area contributed by atoms with Crippen molar-refractivity contribution in [2.75, 3.05) is 25.7 Å². The molecule has 11 heteroatoms. The van der Waals surface area contributed by atoms with Gasteiger partial charge in [-0.05, 0) is 23.8 Å². The second-order valence-electron chi connectivity index (χ2n) is 9.88. The summed E-state index contributed by atoms with van der Waals surface area (Å²) in [6.07, 6.45) is 3.83. The Morgan fingerprint density at radius 2 is 1.87 bits per heavy atom. The Morgan fingerprint density at radius 1 is 1.11 bits per heavy atom. The minimum absolute atomic E-state index is 0.249. The van der Waals surface area contributed by atoms with Crippen LogP contribution in [0.15, 0.2) is 58.0 Å². The van der Waals surface area contributed by atoms with Gasteiger partial charge in [0.25, 0.3) is 0 Å². The van der Waals surface area contributed by atoms with Crippen molar-refractivity contribution in [3.8, 4) is 22.5 Å². The van der Waals surface area contributed by atoms with E-state index in [2.05, 4.69) is 14.3 Å². The summed E-state index contributed by atoms with van der Waals surface area (Å²) in [4.78, 5) is 13.9. The summed E-state index contributed by atoms with van der Waals surface area (Å²) in [6, 6.07) is 13.5. The van der Waals surface area contributed by atoms with E-state index < -0.39 is 15.8 Å². The molecule has 0 saturated carbocycles. The van der Waals surface area contributed by atoms with Crippen molar-refractivity contribution in [1.82, 2.24) is 9.97 Å². The average molecular weight is 555 g/mol. The summed E-state index contributed by atoms with van der Waals surface area (Å²) < 4.78 is 33.5. The van der Waals surface area contributed by atoms with E-state index in [0.717, 1.165) is 28.1 Å². The first-order valence-corrected chi connectivity index (χ1v) is 15.0. The Labute approximate surface area is 226 Å². The second kappa shape index (κ2) is 10.0. The van der Waals surface area contributed by atoms with Gasteiger partial charge in [0.05, 0.1) is 54.0 Å². The zero-order chi connectivity index (χ0) is 26.4. The molecule has 2 fully saturated rings. The molecule has 0 spiro atoms. The van der Waals surface area contributed by atoms with Crippen LogP contribution in [0.3, 0.4) is 0 Å². The third-order valence-corrected chi connectivity index (χ3v) is 7.74. The normalized spacial score (nSPS) is 24.2. The molecule has 38 heavy (non-hydrogen) atoms. The first-order chi connectivity index (χ1) is 18.2. The molecule has 2 aromatic heterocycles. The fraction of sp³-hybridized carbons (Fsp3) is 0.370. The summed E-state index contributed by atoms with van der Waals surface area (Å²) in [6.45, 7) is 0.975. The summed E-state index contributed by atoms with van der Waals surface area (Å²) in [5.41, 5.74) is 5.71. The number of aliphatic imine (C=N–C) groups is 1. The summed E-state index contributed by atoms with van der Waals surface area (Å²) in [5, 5.41) is 10.5. The molecule has 0 aliphatic carbocycles. The van der Waals surface area contributed by atoms with Gasteiger partial charge in [0, 0.05) is 39.6 Å². The summed E-state index contributed by atoms with van der Waals surface area (Å²) >= 11 is 6.61. The van der Waals surface area contributed by atoms with Crippen molar-refractivity contribution in [3.05, 3.63) is 64.9 Å². The number of aliphatic hydroxyl groups excluding tert-OH is 1. The summed E-state index contributed by atoms with van der Waals surface area (Å²) in [7, 11) is -2.16. The average Bonchev–Trinajstić information content (AvgIpc) is 3.59. The fourth-order valence-corrected chi connectivity index (χ4v) is 5.53. The molecule has 3 aliphatic heterocycles. The molecule has 6 rings (SSSR count). The van der Waals surface area contributed by atoms with Gasteiger partial charge in [0.1, 0.15) is 18.3 Å². The maximum atomic E-state index is 11.9. The van der Waals surface area contributed by atoms with E-state index in [4.69, 9.17) is 30.8 Å². The molecule has 0 amide bonds. The van der Waals surface area contributed by atoms with Crippen LogP contribution in [0.5, 0.6) is 0 Å². The topological polar surface area (TPSA) is 115 Å². The number of nitrogens with zero attached hydrogens (tertiary/aromatic N) is 4. The van der Waals surface area contributed by atoms with Gasteiger partial charge in [-0.3, -0.25) is 9.19 Å². The van der Waals surface area contributed by atoms with Gasteiger partial charge in [-0.25, -0.2) is 14.3 Å². The van der Waals surface area contributed by atoms with Crippen molar-refractivity contribution in [3.63, 3.8) is 0 Å². The largest absolute Gasteiger partial charge is 0.472 e. The molecule has 198 valence electrons. The zero-order valence-electron chi connectivity index (χ0n) is 20.9. The number of rotatable bonds is 5. The fourth-order valence-electron chi connectivity index (χ4n) is 4.81. The Kier molecular flexibility index (Phi) is 6.69. The van der Waals surface area contributed by atoms with Gasteiger partial charge in [-0.2, -0.15) is 0 Å². The Morgan fingerprint density at radius 3 is 2.66 bits per heavy atom. The highest BCUT2D eigenvalue weighted by Crippen LogP contribution is 2.36. The van der Waals surface area contributed by atoms with Crippen molar-refractivity contribution in [2.24, 2.45) is 9.36 Å². The molecule has 0 radical (unpaired) electrons. The van der Waals surface area contributed by atoms with E-state index in [1.54, 1.807) is 24.8 Å². The lowest BCUT2D eigenvalue weighted by molar-refractivity contribution is 0.00558. The van der Waals surface area contributed by atoms with E-state index >= 15 is 0 Å². The van der Waals surface area contributed by atoms with E-state index in [0.29, 0.717) is 41.9 Å². The van der Waals surface area contributed by atoms with Crippen LogP contribution in [0.2, 0.25) is 5.02 Å². The highest BCUT2D eigenvalue weighted by Gasteiger charge is 2.49. The zero-order valence-corrected chi connectivity index (χ0v) is 22.5. The molecule has 3 aromatic rings. The van der Waals surface area contributed by atoms with Crippen molar-refractivity contribution in [2.45, 2.75) is 37.4 Å². The monoisotopic (exact) mass is 554 g/mol. The molecule has 0 unspecified atom stereocenters. The molecule has 4 atom stereocenters. The van der Waals surface area contributed by atoms with Gasteiger partial charge < -0.3 is 19.3 Å². The Hall–Kier alpha value is -2.89. The number of hydrogen-bond donors (Lipinski definition) is 1. The summed E-state index contributed by atoms with van der Waals surface area (Å²) in [5.74, 6) is 0.537. The maximum Gasteiger partial charge on any atom is 0.195 e. The van der Waals surface area contributed by atoms with Crippen molar-refractivity contribution < 1.29 is 23.5 Å². The van der Waals surface area contributed by atoms with Crippen LogP contribution >= 0.6 is 11.6 Å².